The lowest BCUT2D eigenvalue weighted by atomic mass is 10.2. The van der Waals surface area contributed by atoms with Crippen molar-refractivity contribution >= 4 is 38.8 Å². The summed E-state index contributed by atoms with van der Waals surface area (Å²) >= 11 is 1.20. The van der Waals surface area contributed by atoms with Crippen LogP contribution in [0.4, 0.5) is 10.7 Å². The van der Waals surface area contributed by atoms with Gasteiger partial charge in [0.1, 0.15) is 0 Å². The third kappa shape index (κ3) is 2.61. The average Bonchev–Trinajstić information content (AvgIpc) is 2.98. The normalized spacial score (nSPS) is 10.8. The average molecular weight is 344 g/mol. The van der Waals surface area contributed by atoms with Crippen molar-refractivity contribution in [2.24, 2.45) is 0 Å². The number of nitrogens with two attached hydrogens (primary N) is 1. The van der Waals surface area contributed by atoms with Crippen molar-refractivity contribution < 1.29 is 9.53 Å². The van der Waals surface area contributed by atoms with Crippen LogP contribution in [0.15, 0.2) is 34.4 Å². The number of carbonyl (C=O) groups is 1. The molecule has 124 valence electrons. The van der Waals surface area contributed by atoms with Gasteiger partial charge in [0, 0.05) is 23.5 Å². The van der Waals surface area contributed by atoms with E-state index in [-0.39, 0.29) is 23.2 Å². The van der Waals surface area contributed by atoms with E-state index in [0.717, 1.165) is 5.69 Å². The van der Waals surface area contributed by atoms with Crippen molar-refractivity contribution in [2.75, 3.05) is 24.7 Å². The first kappa shape index (κ1) is 16.0. The number of hydrogen-bond donors (Lipinski definition) is 2. The minimum atomic E-state index is -0.583. The zero-order valence-electron chi connectivity index (χ0n) is 13.2. The van der Waals surface area contributed by atoms with Gasteiger partial charge in [-0.25, -0.2) is 4.79 Å². The standard InChI is InChI=1S/C16H16N4O3S/c1-3-23-16(22)13-11-8-24-14(17)12(11)15(21)20(19-13)10-6-4-9(18-2)5-7-10/h4-8,18H,3,17H2,1-2H3. The van der Waals surface area contributed by atoms with Crippen molar-refractivity contribution in [1.82, 2.24) is 9.78 Å². The van der Waals surface area contributed by atoms with E-state index in [9.17, 15) is 9.59 Å². The molecule has 2 aromatic heterocycles. The van der Waals surface area contributed by atoms with Crippen molar-refractivity contribution in [3.8, 4) is 5.69 Å². The van der Waals surface area contributed by atoms with Gasteiger partial charge in [-0.1, -0.05) is 0 Å². The molecule has 1 aromatic carbocycles. The Balaban J connectivity index is 2.27. The number of anilines is 2. The molecule has 0 aliphatic rings. The first-order chi connectivity index (χ1) is 11.6. The van der Waals surface area contributed by atoms with Crippen LogP contribution in [0.1, 0.15) is 17.4 Å². The molecule has 3 aromatic rings. The maximum Gasteiger partial charge on any atom is 0.359 e. The molecule has 0 amide bonds. The topological polar surface area (TPSA) is 99.2 Å². The molecular formula is C16H16N4O3S. The summed E-state index contributed by atoms with van der Waals surface area (Å²) in [6.07, 6.45) is 0. The third-order valence-electron chi connectivity index (χ3n) is 3.55. The molecule has 7 nitrogen and oxygen atoms in total. The molecule has 0 atom stereocenters. The number of thiophene rings is 1. The van der Waals surface area contributed by atoms with Gasteiger partial charge in [-0.2, -0.15) is 9.78 Å². The number of rotatable bonds is 4. The van der Waals surface area contributed by atoms with Crippen molar-refractivity contribution in [3.05, 3.63) is 45.7 Å². The number of ether oxygens (including phenoxy) is 1. The summed E-state index contributed by atoms with van der Waals surface area (Å²) in [5, 5.41) is 9.93. The van der Waals surface area contributed by atoms with E-state index in [1.54, 1.807) is 31.5 Å². The Morgan fingerprint density at radius 2 is 2.08 bits per heavy atom. The monoisotopic (exact) mass is 344 g/mol. The Morgan fingerprint density at radius 1 is 1.38 bits per heavy atom. The van der Waals surface area contributed by atoms with E-state index in [1.807, 2.05) is 12.1 Å². The Labute approximate surface area is 141 Å². The van der Waals surface area contributed by atoms with E-state index in [0.29, 0.717) is 16.1 Å². The fraction of sp³-hybridized carbons (Fsp3) is 0.188. The van der Waals surface area contributed by atoms with Crippen LogP contribution in [0.2, 0.25) is 0 Å². The zero-order valence-corrected chi connectivity index (χ0v) is 14.0. The van der Waals surface area contributed by atoms with E-state index < -0.39 is 5.97 Å². The minimum Gasteiger partial charge on any atom is -0.461 e. The number of hydrogen-bond acceptors (Lipinski definition) is 7. The second-order valence-electron chi connectivity index (χ2n) is 4.97. The summed E-state index contributed by atoms with van der Waals surface area (Å²) in [5.74, 6) is -0.583. The van der Waals surface area contributed by atoms with Crippen LogP contribution in [0, 0.1) is 0 Å². The molecule has 2 heterocycles. The third-order valence-corrected chi connectivity index (χ3v) is 4.36. The van der Waals surface area contributed by atoms with Crippen LogP contribution in [0.25, 0.3) is 16.5 Å². The highest BCUT2D eigenvalue weighted by atomic mass is 32.1. The smallest absolute Gasteiger partial charge is 0.359 e. The number of benzene rings is 1. The van der Waals surface area contributed by atoms with Gasteiger partial charge in [0.25, 0.3) is 5.56 Å². The van der Waals surface area contributed by atoms with Gasteiger partial charge in [-0.15, -0.1) is 11.3 Å². The number of aromatic nitrogens is 2. The number of carbonyl (C=O) groups excluding carboxylic acids is 1. The van der Waals surface area contributed by atoms with Gasteiger partial charge in [0.15, 0.2) is 5.69 Å². The van der Waals surface area contributed by atoms with Gasteiger partial charge in [0.2, 0.25) is 0 Å². The molecule has 0 saturated carbocycles. The molecule has 0 aliphatic carbocycles. The first-order valence-corrected chi connectivity index (χ1v) is 8.20. The van der Waals surface area contributed by atoms with Gasteiger partial charge >= 0.3 is 5.97 Å². The molecule has 0 spiro atoms. The molecule has 0 fully saturated rings. The van der Waals surface area contributed by atoms with E-state index in [4.69, 9.17) is 10.5 Å². The summed E-state index contributed by atoms with van der Waals surface area (Å²) in [4.78, 5) is 25.0. The van der Waals surface area contributed by atoms with Gasteiger partial charge in [-0.05, 0) is 31.2 Å². The lowest BCUT2D eigenvalue weighted by molar-refractivity contribution is 0.0520. The Kier molecular flexibility index (Phi) is 4.22. The zero-order chi connectivity index (χ0) is 17.3. The van der Waals surface area contributed by atoms with Gasteiger partial charge in [-0.3, -0.25) is 4.79 Å². The number of nitrogens with zero attached hydrogens (tertiary/aromatic N) is 2. The summed E-state index contributed by atoms with van der Waals surface area (Å²) in [7, 11) is 1.80. The summed E-state index contributed by atoms with van der Waals surface area (Å²) in [6.45, 7) is 1.93. The number of esters is 1. The fourth-order valence-electron chi connectivity index (χ4n) is 2.37. The molecule has 24 heavy (non-hydrogen) atoms. The van der Waals surface area contributed by atoms with Crippen LogP contribution >= 0.6 is 11.3 Å². The predicted molar refractivity (Wildman–Crippen MR) is 95.1 cm³/mol. The second-order valence-corrected chi connectivity index (χ2v) is 5.88. The molecule has 8 heteroatoms. The number of fused-ring (bicyclic) bond motifs is 1. The highest BCUT2D eigenvalue weighted by Gasteiger charge is 2.21. The molecule has 0 unspecified atom stereocenters. The fourth-order valence-corrected chi connectivity index (χ4v) is 3.16. The molecular weight excluding hydrogens is 328 g/mol. The maximum atomic E-state index is 12.8. The van der Waals surface area contributed by atoms with E-state index in [1.165, 1.54) is 16.0 Å². The summed E-state index contributed by atoms with van der Waals surface area (Å²) in [5.41, 5.74) is 7.08. The highest BCUT2D eigenvalue weighted by molar-refractivity contribution is 7.15. The van der Waals surface area contributed by atoms with Crippen LogP contribution in [-0.4, -0.2) is 29.4 Å². The van der Waals surface area contributed by atoms with Crippen LogP contribution in [-0.2, 0) is 4.74 Å². The number of nitrogen functional groups attached to an aromatic ring is 1. The van der Waals surface area contributed by atoms with Crippen LogP contribution in [0.5, 0.6) is 0 Å². The van der Waals surface area contributed by atoms with Crippen molar-refractivity contribution in [1.29, 1.82) is 0 Å². The quantitative estimate of drug-likeness (QED) is 0.704. The molecule has 3 N–H and O–H groups in total. The largest absolute Gasteiger partial charge is 0.461 e. The Hall–Kier alpha value is -2.87. The van der Waals surface area contributed by atoms with E-state index >= 15 is 0 Å². The Bertz CT molecular complexity index is 960. The first-order valence-electron chi connectivity index (χ1n) is 7.32. The van der Waals surface area contributed by atoms with Crippen LogP contribution in [0.3, 0.4) is 0 Å². The lowest BCUT2D eigenvalue weighted by Crippen LogP contribution is -2.25. The molecule has 0 radical (unpaired) electrons. The summed E-state index contributed by atoms with van der Waals surface area (Å²) in [6, 6.07) is 7.11. The van der Waals surface area contributed by atoms with Gasteiger partial charge < -0.3 is 15.8 Å². The molecule has 0 bridgehead atoms. The molecule has 0 aliphatic heterocycles. The van der Waals surface area contributed by atoms with Crippen LogP contribution < -0.4 is 16.6 Å². The summed E-state index contributed by atoms with van der Waals surface area (Å²) < 4.78 is 6.23. The maximum absolute atomic E-state index is 12.8. The van der Waals surface area contributed by atoms with Crippen molar-refractivity contribution in [3.63, 3.8) is 0 Å². The predicted octanol–water partition coefficient (Wildman–Crippen LogP) is 2.25. The lowest BCUT2D eigenvalue weighted by Gasteiger charge is -2.09. The minimum absolute atomic E-state index is 0.0806. The molecule has 3 rings (SSSR count). The highest BCUT2D eigenvalue weighted by Crippen LogP contribution is 2.27. The van der Waals surface area contributed by atoms with Crippen molar-refractivity contribution in [2.45, 2.75) is 6.92 Å². The Morgan fingerprint density at radius 3 is 2.71 bits per heavy atom. The molecule has 0 saturated heterocycles. The van der Waals surface area contributed by atoms with Gasteiger partial charge in [0.05, 0.1) is 22.7 Å². The SMILES string of the molecule is CCOC(=O)c1nn(-c2ccc(NC)cc2)c(=O)c2c(N)scc12. The van der Waals surface area contributed by atoms with E-state index in [2.05, 4.69) is 10.4 Å². The second kappa shape index (κ2) is 6.32. The number of nitrogens with one attached hydrogen (secondary N) is 1.